The van der Waals surface area contributed by atoms with E-state index in [0.29, 0.717) is 40.0 Å². The van der Waals surface area contributed by atoms with Crippen LogP contribution in [0.25, 0.3) is 0 Å². The number of esters is 1. The average molecular weight is 522 g/mol. The minimum Gasteiger partial charge on any atom is -0.497 e. The number of hydrogen-bond acceptors (Lipinski definition) is 8. The summed E-state index contributed by atoms with van der Waals surface area (Å²) in [5, 5.41) is 5.57. The zero-order chi connectivity index (χ0) is 26.5. The predicted molar refractivity (Wildman–Crippen MR) is 144 cm³/mol. The van der Waals surface area contributed by atoms with E-state index in [4.69, 9.17) is 19.2 Å². The van der Waals surface area contributed by atoms with Crippen LogP contribution in [-0.4, -0.2) is 42.3 Å². The minimum absolute atomic E-state index is 0.118. The van der Waals surface area contributed by atoms with Crippen LogP contribution in [-0.2, 0) is 20.9 Å². The van der Waals surface area contributed by atoms with Crippen LogP contribution >= 0.6 is 11.8 Å². The first-order valence-corrected chi connectivity index (χ1v) is 12.9. The molecule has 0 spiro atoms. The fraction of sp³-hybridized carbons (Fsp3) is 0.321. The molecular weight excluding hydrogens is 490 g/mol. The van der Waals surface area contributed by atoms with E-state index >= 15 is 0 Å². The number of benzene rings is 2. The van der Waals surface area contributed by atoms with E-state index in [0.717, 1.165) is 11.3 Å². The fourth-order valence-electron chi connectivity index (χ4n) is 4.28. The van der Waals surface area contributed by atoms with Crippen molar-refractivity contribution in [2.45, 2.75) is 45.9 Å². The van der Waals surface area contributed by atoms with Gasteiger partial charge in [0.1, 0.15) is 11.5 Å². The lowest BCUT2D eigenvalue weighted by Gasteiger charge is -2.37. The summed E-state index contributed by atoms with van der Waals surface area (Å²) in [6.07, 6.45) is -0.189. The highest BCUT2D eigenvalue weighted by Crippen LogP contribution is 2.47. The van der Waals surface area contributed by atoms with E-state index in [-0.39, 0.29) is 18.4 Å². The minimum atomic E-state index is -0.619. The number of amides is 1. The van der Waals surface area contributed by atoms with Gasteiger partial charge in [-0.1, -0.05) is 42.1 Å². The van der Waals surface area contributed by atoms with Gasteiger partial charge in [0, 0.05) is 17.8 Å². The maximum absolute atomic E-state index is 13.4. The monoisotopic (exact) mass is 521 g/mol. The van der Waals surface area contributed by atoms with Gasteiger partial charge >= 0.3 is 5.97 Å². The number of carbonyl (C=O) groups is 2. The molecule has 37 heavy (non-hydrogen) atoms. The van der Waals surface area contributed by atoms with Crippen molar-refractivity contribution in [3.63, 3.8) is 0 Å². The number of amidine groups is 1. The van der Waals surface area contributed by atoms with Crippen molar-refractivity contribution < 1.29 is 23.8 Å². The molecular formula is C28H31N3O5S. The quantitative estimate of drug-likeness (QED) is 0.468. The van der Waals surface area contributed by atoms with Crippen molar-refractivity contribution >= 4 is 28.8 Å². The molecule has 0 bridgehead atoms. The molecule has 0 aliphatic carbocycles. The van der Waals surface area contributed by atoms with Crippen LogP contribution in [0.3, 0.4) is 0 Å². The predicted octanol–water partition coefficient (Wildman–Crippen LogP) is 4.94. The number of nitrogens with zero attached hydrogens (tertiary/aromatic N) is 2. The van der Waals surface area contributed by atoms with Crippen molar-refractivity contribution in [3.8, 4) is 11.5 Å². The summed E-state index contributed by atoms with van der Waals surface area (Å²) < 4.78 is 16.8. The Bertz CT molecular complexity index is 1270. The normalized spacial score (nSPS) is 16.7. The van der Waals surface area contributed by atoms with Gasteiger partial charge in [-0.2, -0.15) is 0 Å². The molecule has 4 rings (SSSR count). The van der Waals surface area contributed by atoms with Crippen molar-refractivity contribution in [2.75, 3.05) is 14.2 Å². The molecule has 1 unspecified atom stereocenters. The lowest BCUT2D eigenvalue weighted by Crippen LogP contribution is -2.38. The van der Waals surface area contributed by atoms with Crippen LogP contribution in [0.4, 0.5) is 0 Å². The van der Waals surface area contributed by atoms with E-state index in [1.54, 1.807) is 47.1 Å². The van der Waals surface area contributed by atoms with Crippen molar-refractivity contribution in [1.29, 1.82) is 0 Å². The third-order valence-electron chi connectivity index (χ3n) is 5.97. The summed E-state index contributed by atoms with van der Waals surface area (Å²) in [4.78, 5) is 33.0. The Morgan fingerprint density at radius 3 is 2.54 bits per heavy atom. The highest BCUT2D eigenvalue weighted by Gasteiger charge is 2.42. The smallest absolute Gasteiger partial charge is 0.338 e. The summed E-state index contributed by atoms with van der Waals surface area (Å²) >= 11 is 1.42. The van der Waals surface area contributed by atoms with Crippen molar-refractivity contribution in [1.82, 2.24) is 10.2 Å². The Balaban J connectivity index is 1.70. The summed E-state index contributed by atoms with van der Waals surface area (Å²) in [7, 11) is 3.17. The Hall–Kier alpha value is -3.72. The van der Waals surface area contributed by atoms with Gasteiger partial charge in [-0.15, -0.1) is 0 Å². The molecule has 1 atom stereocenters. The molecule has 1 N–H and O–H groups in total. The number of carbonyl (C=O) groups excluding carboxylic acids is 2. The van der Waals surface area contributed by atoms with Crippen LogP contribution in [0.5, 0.6) is 11.5 Å². The van der Waals surface area contributed by atoms with Gasteiger partial charge < -0.3 is 24.4 Å². The first kappa shape index (κ1) is 26.3. The maximum Gasteiger partial charge on any atom is 0.338 e. The number of allylic oxidation sites excluding steroid dienone is 1. The van der Waals surface area contributed by atoms with E-state index in [1.807, 2.05) is 46.7 Å². The van der Waals surface area contributed by atoms with Gasteiger partial charge in [0.15, 0.2) is 5.17 Å². The molecule has 9 heteroatoms. The molecule has 2 aromatic rings. The standard InChI is InChI=1S/C28H31N3O5S/c1-17(2)36-27(33)25-18(3)30-28-31(26(25)22-14-21(34-4)11-12-23(22)35-5)20(16-37-28)13-24(32)29-15-19-9-7-6-8-10-19/h6-12,14,16-17,26H,13,15H2,1-5H3,(H,29,32). The number of nitrogens with one attached hydrogen (secondary N) is 1. The second-order valence-electron chi connectivity index (χ2n) is 8.89. The van der Waals surface area contributed by atoms with Gasteiger partial charge in [-0.3, -0.25) is 4.79 Å². The number of aliphatic imine (C=N–C) groups is 1. The molecule has 2 aliphatic heterocycles. The van der Waals surface area contributed by atoms with Crippen LogP contribution in [0.1, 0.15) is 44.4 Å². The Morgan fingerprint density at radius 2 is 1.86 bits per heavy atom. The van der Waals surface area contributed by atoms with E-state index in [9.17, 15) is 9.59 Å². The second kappa shape index (κ2) is 11.6. The molecule has 0 radical (unpaired) electrons. The molecule has 2 aliphatic rings. The van der Waals surface area contributed by atoms with Crippen LogP contribution < -0.4 is 14.8 Å². The number of methoxy groups -OCH3 is 2. The Morgan fingerprint density at radius 1 is 1.11 bits per heavy atom. The largest absolute Gasteiger partial charge is 0.497 e. The van der Waals surface area contributed by atoms with Gasteiger partial charge in [0.05, 0.1) is 44.1 Å². The summed E-state index contributed by atoms with van der Waals surface area (Å²) in [6.45, 7) is 5.84. The first-order chi connectivity index (χ1) is 17.8. The third-order valence-corrected chi connectivity index (χ3v) is 6.86. The molecule has 1 amide bonds. The first-order valence-electron chi connectivity index (χ1n) is 12.0. The van der Waals surface area contributed by atoms with E-state index < -0.39 is 12.0 Å². The highest BCUT2D eigenvalue weighted by atomic mass is 32.2. The number of hydrogen-bond donors (Lipinski definition) is 1. The fourth-order valence-corrected chi connectivity index (χ4v) is 5.24. The summed E-state index contributed by atoms with van der Waals surface area (Å²) in [6, 6.07) is 14.6. The van der Waals surface area contributed by atoms with Crippen LogP contribution in [0.15, 0.2) is 75.9 Å². The highest BCUT2D eigenvalue weighted by molar-refractivity contribution is 8.16. The van der Waals surface area contributed by atoms with Crippen LogP contribution in [0, 0.1) is 0 Å². The zero-order valence-electron chi connectivity index (χ0n) is 21.6. The van der Waals surface area contributed by atoms with Gasteiger partial charge in [-0.25, -0.2) is 9.79 Å². The molecule has 194 valence electrons. The second-order valence-corrected chi connectivity index (χ2v) is 9.73. The molecule has 2 aromatic carbocycles. The third kappa shape index (κ3) is 5.83. The van der Waals surface area contributed by atoms with Gasteiger partial charge in [0.2, 0.25) is 5.91 Å². The number of ether oxygens (including phenoxy) is 3. The topological polar surface area (TPSA) is 89.5 Å². The summed E-state index contributed by atoms with van der Waals surface area (Å²) in [5.41, 5.74) is 3.40. The van der Waals surface area contributed by atoms with Gasteiger partial charge in [-0.05, 0) is 49.9 Å². The van der Waals surface area contributed by atoms with E-state index in [1.165, 1.54) is 11.8 Å². The number of thioether (sulfide) groups is 1. The molecule has 2 heterocycles. The molecule has 0 aromatic heterocycles. The number of rotatable bonds is 9. The Labute approximate surface area is 221 Å². The molecule has 8 nitrogen and oxygen atoms in total. The molecule has 0 fully saturated rings. The summed E-state index contributed by atoms with van der Waals surface area (Å²) in [5.74, 6) is 0.604. The van der Waals surface area contributed by atoms with Gasteiger partial charge in [0.25, 0.3) is 0 Å². The SMILES string of the molecule is COc1ccc(OC)c(C2C(C(=O)OC(C)C)=C(C)N=C3SC=C(CC(=O)NCc4ccccc4)N32)c1. The average Bonchev–Trinajstić information content (AvgIpc) is 3.28. The van der Waals surface area contributed by atoms with E-state index in [2.05, 4.69) is 5.32 Å². The molecule has 0 saturated heterocycles. The number of fused-ring (bicyclic) bond motifs is 1. The zero-order valence-corrected chi connectivity index (χ0v) is 22.4. The lowest BCUT2D eigenvalue weighted by molar-refractivity contribution is -0.143. The maximum atomic E-state index is 13.4. The lowest BCUT2D eigenvalue weighted by atomic mass is 9.92. The van der Waals surface area contributed by atoms with Crippen molar-refractivity contribution in [2.24, 2.45) is 4.99 Å². The van der Waals surface area contributed by atoms with Crippen molar-refractivity contribution in [3.05, 3.63) is 82.0 Å². The van der Waals surface area contributed by atoms with Crippen LogP contribution in [0.2, 0.25) is 0 Å². The Kier molecular flexibility index (Phi) is 8.23. The molecule has 0 saturated carbocycles.